The van der Waals surface area contributed by atoms with Crippen LogP contribution < -0.4 is 19.7 Å². The number of H-pyrrole nitrogens is 1. The molecule has 5 rings (SSSR count). The molecule has 1 aliphatic rings. The van der Waals surface area contributed by atoms with E-state index in [9.17, 15) is 0 Å². The van der Waals surface area contributed by atoms with Crippen molar-refractivity contribution in [1.82, 2.24) is 19.9 Å². The number of rotatable bonds is 8. The number of anilines is 3. The Morgan fingerprint density at radius 1 is 1.00 bits per heavy atom. The van der Waals surface area contributed by atoms with Gasteiger partial charge in [0.2, 0.25) is 11.8 Å². The van der Waals surface area contributed by atoms with Crippen molar-refractivity contribution in [3.8, 4) is 11.6 Å². The maximum absolute atomic E-state index is 5.96. The molecular weight excluding hydrogens is 428 g/mol. The number of aromatic amines is 1. The van der Waals surface area contributed by atoms with Crippen LogP contribution in [0.15, 0.2) is 48.8 Å². The first kappa shape index (κ1) is 22.0. The van der Waals surface area contributed by atoms with Crippen molar-refractivity contribution in [3.05, 3.63) is 60.0 Å². The van der Waals surface area contributed by atoms with Gasteiger partial charge in [-0.25, -0.2) is 0 Å². The molecular formula is C26H30N6O2. The van der Waals surface area contributed by atoms with Crippen LogP contribution in [-0.2, 0) is 0 Å². The number of ether oxygens (including phenoxy) is 2. The zero-order valence-electron chi connectivity index (χ0n) is 19.7. The van der Waals surface area contributed by atoms with E-state index in [1.54, 1.807) is 12.4 Å². The Morgan fingerprint density at radius 3 is 2.68 bits per heavy atom. The molecule has 1 aliphatic heterocycles. The summed E-state index contributed by atoms with van der Waals surface area (Å²) in [6, 6.07) is 11.9. The minimum Gasteiger partial charge on any atom is -0.488 e. The van der Waals surface area contributed by atoms with Gasteiger partial charge in [-0.2, -0.15) is 9.97 Å². The number of piperidine rings is 1. The summed E-state index contributed by atoms with van der Waals surface area (Å²) in [6.45, 7) is 6.99. The highest BCUT2D eigenvalue weighted by Gasteiger charge is 2.16. The number of nitrogens with zero attached hydrogens (tertiary/aromatic N) is 4. The fourth-order valence-corrected chi connectivity index (χ4v) is 4.23. The van der Waals surface area contributed by atoms with Gasteiger partial charge >= 0.3 is 0 Å². The van der Waals surface area contributed by atoms with Crippen molar-refractivity contribution < 1.29 is 9.47 Å². The third kappa shape index (κ3) is 5.06. The van der Waals surface area contributed by atoms with E-state index in [1.165, 1.54) is 35.9 Å². The molecule has 3 aromatic heterocycles. The fourth-order valence-electron chi connectivity index (χ4n) is 4.23. The van der Waals surface area contributed by atoms with Gasteiger partial charge in [0.15, 0.2) is 0 Å². The van der Waals surface area contributed by atoms with Crippen LogP contribution in [-0.4, -0.2) is 46.2 Å². The molecule has 8 nitrogen and oxygen atoms in total. The number of aromatic nitrogens is 4. The molecule has 0 amide bonds. The molecule has 176 valence electrons. The molecule has 0 aliphatic carbocycles. The van der Waals surface area contributed by atoms with E-state index in [4.69, 9.17) is 14.5 Å². The van der Waals surface area contributed by atoms with Crippen molar-refractivity contribution in [1.29, 1.82) is 0 Å². The predicted molar refractivity (Wildman–Crippen MR) is 134 cm³/mol. The summed E-state index contributed by atoms with van der Waals surface area (Å²) in [5.41, 5.74) is 4.50. The molecule has 0 bridgehead atoms. The molecule has 0 atom stereocenters. The molecule has 8 heteroatoms. The van der Waals surface area contributed by atoms with Crippen LogP contribution in [0.1, 0.15) is 30.5 Å². The maximum Gasteiger partial charge on any atom is 0.232 e. The third-order valence-electron chi connectivity index (χ3n) is 6.17. The zero-order valence-corrected chi connectivity index (χ0v) is 19.7. The quantitative estimate of drug-likeness (QED) is 0.353. The van der Waals surface area contributed by atoms with Crippen molar-refractivity contribution in [2.75, 3.05) is 36.5 Å². The average molecular weight is 459 g/mol. The van der Waals surface area contributed by atoms with Gasteiger partial charge in [0.1, 0.15) is 24.8 Å². The van der Waals surface area contributed by atoms with Crippen LogP contribution in [0.5, 0.6) is 11.6 Å². The standard InChI is InChI=1S/C26H30N6O2/c1-18-19(2)28-23-9-8-20(15-22(18)23)29-26-30-24(32-11-4-3-5-12-32)16-25(31-26)34-14-13-33-21-7-6-10-27-17-21/h6-10,15-17,28H,3-5,11-14H2,1-2H3,(H,29,30,31). The molecule has 1 fully saturated rings. The lowest BCUT2D eigenvalue weighted by molar-refractivity contribution is 0.211. The first-order valence-electron chi connectivity index (χ1n) is 11.8. The highest BCUT2D eigenvalue weighted by Crippen LogP contribution is 2.28. The fraction of sp³-hybridized carbons (Fsp3) is 0.346. The van der Waals surface area contributed by atoms with Gasteiger partial charge in [0.25, 0.3) is 0 Å². The van der Waals surface area contributed by atoms with Gasteiger partial charge in [0.05, 0.1) is 6.20 Å². The summed E-state index contributed by atoms with van der Waals surface area (Å²) >= 11 is 0. The Hall–Kier alpha value is -3.81. The van der Waals surface area contributed by atoms with E-state index in [2.05, 4.69) is 51.1 Å². The van der Waals surface area contributed by atoms with Gasteiger partial charge in [-0.3, -0.25) is 4.98 Å². The number of aryl methyl sites for hydroxylation is 2. The molecule has 2 N–H and O–H groups in total. The highest BCUT2D eigenvalue weighted by atomic mass is 16.5. The molecule has 0 saturated carbocycles. The third-order valence-corrected chi connectivity index (χ3v) is 6.17. The van der Waals surface area contributed by atoms with Gasteiger partial charge < -0.3 is 24.7 Å². The van der Waals surface area contributed by atoms with Crippen molar-refractivity contribution >= 4 is 28.4 Å². The second-order valence-electron chi connectivity index (χ2n) is 8.58. The summed E-state index contributed by atoms with van der Waals surface area (Å²) in [5, 5.41) is 4.58. The minimum absolute atomic E-state index is 0.374. The van der Waals surface area contributed by atoms with Gasteiger partial charge in [-0.15, -0.1) is 0 Å². The Labute approximate surface area is 199 Å². The van der Waals surface area contributed by atoms with Crippen LogP contribution in [0.4, 0.5) is 17.5 Å². The number of pyridine rings is 1. The molecule has 4 heterocycles. The molecule has 0 spiro atoms. The van der Waals surface area contributed by atoms with E-state index in [0.717, 1.165) is 35.9 Å². The van der Waals surface area contributed by atoms with E-state index < -0.39 is 0 Å². The largest absolute Gasteiger partial charge is 0.488 e. The lowest BCUT2D eigenvalue weighted by atomic mass is 10.1. The van der Waals surface area contributed by atoms with Crippen molar-refractivity contribution in [2.45, 2.75) is 33.1 Å². The minimum atomic E-state index is 0.374. The van der Waals surface area contributed by atoms with Crippen LogP contribution in [0.3, 0.4) is 0 Å². The summed E-state index contributed by atoms with van der Waals surface area (Å²) in [7, 11) is 0. The average Bonchev–Trinajstić information content (AvgIpc) is 3.16. The van der Waals surface area contributed by atoms with Crippen LogP contribution in [0, 0.1) is 13.8 Å². The van der Waals surface area contributed by atoms with Crippen LogP contribution >= 0.6 is 0 Å². The first-order valence-corrected chi connectivity index (χ1v) is 11.8. The normalized spacial score (nSPS) is 13.8. The predicted octanol–water partition coefficient (Wildman–Crippen LogP) is 5.16. The Bertz CT molecular complexity index is 1250. The second-order valence-corrected chi connectivity index (χ2v) is 8.58. The lowest BCUT2D eigenvalue weighted by Gasteiger charge is -2.28. The highest BCUT2D eigenvalue weighted by molar-refractivity contribution is 5.88. The number of hydrogen-bond donors (Lipinski definition) is 2. The van der Waals surface area contributed by atoms with Gasteiger partial charge in [-0.1, -0.05) is 0 Å². The SMILES string of the molecule is Cc1[nH]c2ccc(Nc3nc(OCCOc4cccnc4)cc(N4CCCCC4)n3)cc2c1C. The van der Waals surface area contributed by atoms with Crippen molar-refractivity contribution in [3.63, 3.8) is 0 Å². The van der Waals surface area contributed by atoms with Gasteiger partial charge in [-0.05, 0) is 69.0 Å². The topological polar surface area (TPSA) is 88.2 Å². The van der Waals surface area contributed by atoms with Crippen molar-refractivity contribution in [2.24, 2.45) is 0 Å². The second kappa shape index (κ2) is 9.99. The van der Waals surface area contributed by atoms with E-state index in [1.807, 2.05) is 24.3 Å². The van der Waals surface area contributed by atoms with E-state index in [0.29, 0.717) is 25.0 Å². The molecule has 1 saturated heterocycles. The number of fused-ring (bicyclic) bond motifs is 1. The van der Waals surface area contributed by atoms with Crippen LogP contribution in [0.2, 0.25) is 0 Å². The van der Waals surface area contributed by atoms with Crippen LogP contribution in [0.25, 0.3) is 10.9 Å². The zero-order chi connectivity index (χ0) is 23.3. The smallest absolute Gasteiger partial charge is 0.232 e. The monoisotopic (exact) mass is 458 g/mol. The Balaban J connectivity index is 1.34. The summed E-state index contributed by atoms with van der Waals surface area (Å²) in [5.74, 6) is 2.66. The summed E-state index contributed by atoms with van der Waals surface area (Å²) < 4.78 is 11.7. The number of nitrogens with one attached hydrogen (secondary N) is 2. The summed E-state index contributed by atoms with van der Waals surface area (Å²) in [4.78, 5) is 19.2. The lowest BCUT2D eigenvalue weighted by Crippen LogP contribution is -2.30. The molecule has 1 aromatic carbocycles. The molecule has 0 unspecified atom stereocenters. The molecule has 0 radical (unpaired) electrons. The van der Waals surface area contributed by atoms with E-state index in [-0.39, 0.29) is 0 Å². The molecule has 34 heavy (non-hydrogen) atoms. The Morgan fingerprint density at radius 2 is 1.85 bits per heavy atom. The first-order chi connectivity index (χ1) is 16.7. The number of hydrogen-bond acceptors (Lipinski definition) is 7. The Kier molecular flexibility index (Phi) is 6.46. The maximum atomic E-state index is 5.96. The van der Waals surface area contributed by atoms with E-state index >= 15 is 0 Å². The molecule has 4 aromatic rings. The summed E-state index contributed by atoms with van der Waals surface area (Å²) in [6.07, 6.45) is 7.01. The van der Waals surface area contributed by atoms with Gasteiger partial charge in [0, 0.05) is 47.6 Å². The number of benzene rings is 1.